The second-order valence-electron chi connectivity index (χ2n) is 8.84. The van der Waals surface area contributed by atoms with E-state index in [4.69, 9.17) is 26.9 Å². The SMILES string of the molecule is COC(=O)[C@@H](C)Cn1c(=O)n(N)c(=Nc2ccc(OCC3CC3)cc2)n(Cc2ccc(Cl)cc2)c1=O. The van der Waals surface area contributed by atoms with Crippen LogP contribution in [0.2, 0.25) is 5.02 Å². The molecule has 2 N–H and O–H groups in total. The van der Waals surface area contributed by atoms with Crippen molar-refractivity contribution in [2.45, 2.75) is 32.9 Å². The lowest BCUT2D eigenvalue weighted by Crippen LogP contribution is -2.58. The number of rotatable bonds is 9. The average molecular weight is 514 g/mol. The second-order valence-corrected chi connectivity index (χ2v) is 9.28. The average Bonchev–Trinajstić information content (AvgIpc) is 3.72. The van der Waals surface area contributed by atoms with Crippen molar-refractivity contribution in [3.63, 3.8) is 0 Å². The maximum atomic E-state index is 13.5. The zero-order valence-corrected chi connectivity index (χ0v) is 20.9. The van der Waals surface area contributed by atoms with Crippen LogP contribution in [-0.2, 0) is 22.6 Å². The van der Waals surface area contributed by atoms with E-state index in [0.29, 0.717) is 29.0 Å². The lowest BCUT2D eigenvalue weighted by Gasteiger charge is -2.16. The smallest absolute Gasteiger partial charge is 0.353 e. The molecule has 0 amide bonds. The van der Waals surface area contributed by atoms with Gasteiger partial charge in [0.2, 0.25) is 5.62 Å². The van der Waals surface area contributed by atoms with Crippen molar-refractivity contribution in [2.24, 2.45) is 16.8 Å². The Morgan fingerprint density at radius 1 is 1.08 bits per heavy atom. The van der Waals surface area contributed by atoms with Crippen LogP contribution in [0.5, 0.6) is 5.75 Å². The highest BCUT2D eigenvalue weighted by Gasteiger charge is 2.22. The number of hydrogen-bond donors (Lipinski definition) is 1. The molecule has 1 saturated carbocycles. The fourth-order valence-corrected chi connectivity index (χ4v) is 3.75. The van der Waals surface area contributed by atoms with Gasteiger partial charge in [-0.15, -0.1) is 0 Å². The number of nitrogens with zero attached hydrogens (tertiary/aromatic N) is 4. The fraction of sp³-hybridized carbons (Fsp3) is 0.360. The molecule has 0 aliphatic heterocycles. The number of aromatic nitrogens is 3. The Bertz CT molecular complexity index is 1420. The van der Waals surface area contributed by atoms with Crippen molar-refractivity contribution in [2.75, 3.05) is 19.6 Å². The summed E-state index contributed by atoms with van der Waals surface area (Å²) in [5.74, 6) is 6.20. The van der Waals surface area contributed by atoms with E-state index < -0.39 is 23.3 Å². The predicted octanol–water partition coefficient (Wildman–Crippen LogP) is 2.06. The zero-order valence-electron chi connectivity index (χ0n) is 20.1. The number of carbonyl (C=O) groups excluding carboxylic acids is 1. The Morgan fingerprint density at radius 3 is 2.36 bits per heavy atom. The van der Waals surface area contributed by atoms with Gasteiger partial charge in [-0.05, 0) is 60.7 Å². The van der Waals surface area contributed by atoms with Gasteiger partial charge in [-0.1, -0.05) is 30.7 Å². The molecule has 0 bridgehead atoms. The van der Waals surface area contributed by atoms with Crippen molar-refractivity contribution < 1.29 is 14.3 Å². The van der Waals surface area contributed by atoms with E-state index in [1.165, 1.54) is 24.5 Å². The maximum absolute atomic E-state index is 13.5. The molecular formula is C25H28ClN5O5. The number of methoxy groups -OCH3 is 1. The number of hydrogen-bond acceptors (Lipinski definition) is 7. The first-order chi connectivity index (χ1) is 17.3. The monoisotopic (exact) mass is 513 g/mol. The first-order valence-corrected chi connectivity index (χ1v) is 12.0. The molecule has 190 valence electrons. The van der Waals surface area contributed by atoms with E-state index in [1.54, 1.807) is 55.5 Å². The van der Waals surface area contributed by atoms with Crippen LogP contribution < -0.4 is 27.6 Å². The summed E-state index contributed by atoms with van der Waals surface area (Å²) in [7, 11) is 1.24. The molecule has 0 radical (unpaired) electrons. The third-order valence-electron chi connectivity index (χ3n) is 5.92. The van der Waals surface area contributed by atoms with Crippen LogP contribution in [0.1, 0.15) is 25.3 Å². The highest BCUT2D eigenvalue weighted by atomic mass is 35.5. The minimum Gasteiger partial charge on any atom is -0.493 e. The number of benzene rings is 2. The van der Waals surface area contributed by atoms with Gasteiger partial charge in [-0.25, -0.2) is 19.1 Å². The van der Waals surface area contributed by atoms with E-state index in [-0.39, 0.29) is 18.7 Å². The van der Waals surface area contributed by atoms with Crippen LogP contribution in [0.25, 0.3) is 0 Å². The molecule has 1 atom stereocenters. The third-order valence-corrected chi connectivity index (χ3v) is 6.17. The Morgan fingerprint density at radius 2 is 1.75 bits per heavy atom. The van der Waals surface area contributed by atoms with Gasteiger partial charge in [-0.2, -0.15) is 4.68 Å². The Hall–Kier alpha value is -3.79. The Balaban J connectivity index is 1.78. The van der Waals surface area contributed by atoms with Crippen LogP contribution in [-0.4, -0.2) is 33.5 Å². The lowest BCUT2D eigenvalue weighted by atomic mass is 10.2. The van der Waals surface area contributed by atoms with Gasteiger partial charge in [0.05, 0.1) is 31.9 Å². The minimum atomic E-state index is -0.800. The second kappa shape index (κ2) is 10.9. The molecule has 1 heterocycles. The molecule has 3 aromatic rings. The number of esters is 1. The van der Waals surface area contributed by atoms with Gasteiger partial charge in [-0.3, -0.25) is 9.36 Å². The molecule has 0 unspecified atom stereocenters. The van der Waals surface area contributed by atoms with Crippen LogP contribution in [0.15, 0.2) is 63.1 Å². The summed E-state index contributed by atoms with van der Waals surface area (Å²) in [6.07, 6.45) is 2.39. The van der Waals surface area contributed by atoms with Crippen molar-refractivity contribution >= 4 is 23.3 Å². The van der Waals surface area contributed by atoms with Gasteiger partial charge in [0.25, 0.3) is 0 Å². The van der Waals surface area contributed by atoms with Gasteiger partial charge in [0.15, 0.2) is 0 Å². The molecule has 1 fully saturated rings. The van der Waals surface area contributed by atoms with Crippen LogP contribution in [0.4, 0.5) is 5.69 Å². The van der Waals surface area contributed by atoms with Crippen LogP contribution in [0.3, 0.4) is 0 Å². The molecule has 0 saturated heterocycles. The zero-order chi connectivity index (χ0) is 25.8. The quantitative estimate of drug-likeness (QED) is 0.345. The summed E-state index contributed by atoms with van der Waals surface area (Å²) in [6, 6.07) is 13.9. The predicted molar refractivity (Wildman–Crippen MR) is 135 cm³/mol. The van der Waals surface area contributed by atoms with Crippen molar-refractivity contribution in [3.8, 4) is 5.75 Å². The first-order valence-electron chi connectivity index (χ1n) is 11.6. The summed E-state index contributed by atoms with van der Waals surface area (Å²) >= 11 is 6.00. The molecule has 1 aliphatic carbocycles. The molecule has 1 aromatic heterocycles. The highest BCUT2D eigenvalue weighted by molar-refractivity contribution is 6.30. The van der Waals surface area contributed by atoms with Crippen molar-refractivity contribution in [1.82, 2.24) is 13.8 Å². The molecule has 4 rings (SSSR count). The largest absolute Gasteiger partial charge is 0.493 e. The van der Waals surface area contributed by atoms with E-state index in [1.807, 2.05) is 0 Å². The number of ether oxygens (including phenoxy) is 2. The van der Waals surface area contributed by atoms with E-state index in [0.717, 1.165) is 14.8 Å². The molecule has 0 spiro atoms. The van der Waals surface area contributed by atoms with Crippen LogP contribution in [0, 0.1) is 11.8 Å². The summed E-state index contributed by atoms with van der Waals surface area (Å²) < 4.78 is 13.5. The summed E-state index contributed by atoms with van der Waals surface area (Å²) in [4.78, 5) is 43.0. The third kappa shape index (κ3) is 5.88. The van der Waals surface area contributed by atoms with Crippen LogP contribution >= 0.6 is 11.6 Å². The lowest BCUT2D eigenvalue weighted by molar-refractivity contribution is -0.145. The van der Waals surface area contributed by atoms with Gasteiger partial charge >= 0.3 is 17.3 Å². The normalized spacial score (nSPS) is 14.5. The summed E-state index contributed by atoms with van der Waals surface area (Å²) in [5.41, 5.74) is -0.277. The molecular weight excluding hydrogens is 486 g/mol. The molecule has 1 aliphatic rings. The summed E-state index contributed by atoms with van der Waals surface area (Å²) in [5, 5.41) is 0.547. The molecule has 10 nitrogen and oxygen atoms in total. The van der Waals surface area contributed by atoms with E-state index >= 15 is 0 Å². The Kier molecular flexibility index (Phi) is 7.64. The topological polar surface area (TPSA) is 123 Å². The van der Waals surface area contributed by atoms with Gasteiger partial charge < -0.3 is 15.3 Å². The number of halogens is 1. The fourth-order valence-electron chi connectivity index (χ4n) is 3.62. The summed E-state index contributed by atoms with van der Waals surface area (Å²) in [6.45, 7) is 2.12. The van der Waals surface area contributed by atoms with Gasteiger partial charge in [0.1, 0.15) is 5.75 Å². The Labute approximate surface area is 212 Å². The van der Waals surface area contributed by atoms with E-state index in [2.05, 4.69) is 4.99 Å². The highest BCUT2D eigenvalue weighted by Crippen LogP contribution is 2.29. The number of nitrogens with two attached hydrogens (primary N) is 1. The van der Waals surface area contributed by atoms with Gasteiger partial charge in [0, 0.05) is 11.6 Å². The standard InChI is InChI=1S/C25H28ClN5O5/c1-16(22(32)35-2)13-30-24(33)29(14-17-5-7-19(26)8-6-17)23(31(27)25(30)34)28-20-9-11-21(12-10-20)36-15-18-3-4-18/h5-12,16,18H,3-4,13-15,27H2,1-2H3/t16-/m0/s1. The molecule has 2 aromatic carbocycles. The molecule has 11 heteroatoms. The van der Waals surface area contributed by atoms with E-state index in [9.17, 15) is 14.4 Å². The maximum Gasteiger partial charge on any atom is 0.353 e. The minimum absolute atomic E-state index is 0.0476. The van der Waals surface area contributed by atoms with Crippen molar-refractivity contribution in [3.05, 3.63) is 85.7 Å². The van der Waals surface area contributed by atoms with Crippen molar-refractivity contribution in [1.29, 1.82) is 0 Å². The molecule has 36 heavy (non-hydrogen) atoms. The first kappa shape index (κ1) is 25.3. The number of nitrogen functional groups attached to an aromatic ring is 1. The number of carbonyl (C=O) groups is 1.